The molecule has 1 heterocycles. The van der Waals surface area contributed by atoms with E-state index >= 15 is 0 Å². The van der Waals surface area contributed by atoms with Crippen LogP contribution >= 0.6 is 0 Å². The summed E-state index contributed by atoms with van der Waals surface area (Å²) in [5.74, 6) is -0.0590. The van der Waals surface area contributed by atoms with E-state index in [0.29, 0.717) is 5.56 Å². The number of hydrogen-bond acceptors (Lipinski definition) is 3. The summed E-state index contributed by atoms with van der Waals surface area (Å²) in [6, 6.07) is 0. The lowest BCUT2D eigenvalue weighted by molar-refractivity contribution is 0.0848. The zero-order valence-electron chi connectivity index (χ0n) is 5.63. The molecular formula is C6H8N2O2. The van der Waals surface area contributed by atoms with E-state index in [9.17, 15) is 4.79 Å². The van der Waals surface area contributed by atoms with Crippen LogP contribution in [0.3, 0.4) is 0 Å². The van der Waals surface area contributed by atoms with Gasteiger partial charge in [-0.25, -0.2) is 0 Å². The monoisotopic (exact) mass is 140 g/mol. The second-order valence-corrected chi connectivity index (χ2v) is 1.84. The predicted octanol–water partition coefficient (Wildman–Crippen LogP) is 0.239. The molecule has 0 radical (unpaired) electrons. The Labute approximate surface area is 58.2 Å². The second-order valence-electron chi connectivity index (χ2n) is 1.84. The Kier molecular flexibility index (Phi) is 2.17. The number of aromatic amines is 1. The topological polar surface area (TPSA) is 55.0 Å². The van der Waals surface area contributed by atoms with Crippen LogP contribution in [0.15, 0.2) is 12.4 Å². The molecule has 10 heavy (non-hydrogen) atoms. The summed E-state index contributed by atoms with van der Waals surface area (Å²) in [6.45, 7) is 0.111. The second kappa shape index (κ2) is 3.12. The maximum atomic E-state index is 10.9. The molecule has 1 N–H and O–H groups in total. The van der Waals surface area contributed by atoms with Crippen LogP contribution in [-0.4, -0.2) is 29.7 Å². The number of ether oxygens (including phenoxy) is 1. The van der Waals surface area contributed by atoms with Crippen molar-refractivity contribution in [1.82, 2.24) is 10.2 Å². The van der Waals surface area contributed by atoms with Crippen molar-refractivity contribution in [2.24, 2.45) is 0 Å². The highest BCUT2D eigenvalue weighted by Gasteiger charge is 2.04. The third-order valence-electron chi connectivity index (χ3n) is 1.10. The number of hydrogen-bond donors (Lipinski definition) is 1. The summed E-state index contributed by atoms with van der Waals surface area (Å²) < 4.78 is 4.64. The fourth-order valence-electron chi connectivity index (χ4n) is 0.618. The first-order valence-corrected chi connectivity index (χ1v) is 2.85. The van der Waals surface area contributed by atoms with E-state index in [1.54, 1.807) is 6.20 Å². The van der Waals surface area contributed by atoms with E-state index in [1.165, 1.54) is 13.3 Å². The number of rotatable bonds is 3. The highest BCUT2D eigenvalue weighted by Crippen LogP contribution is 1.94. The van der Waals surface area contributed by atoms with E-state index in [-0.39, 0.29) is 12.4 Å². The van der Waals surface area contributed by atoms with Crippen molar-refractivity contribution in [3.8, 4) is 0 Å². The minimum Gasteiger partial charge on any atom is -0.377 e. The Balaban J connectivity index is 2.59. The molecule has 0 atom stereocenters. The van der Waals surface area contributed by atoms with Gasteiger partial charge in [-0.1, -0.05) is 0 Å². The highest BCUT2D eigenvalue weighted by molar-refractivity contribution is 5.96. The number of carbonyl (C=O) groups excluding carboxylic acids is 1. The molecule has 4 nitrogen and oxygen atoms in total. The molecule has 0 aliphatic heterocycles. The molecule has 0 saturated carbocycles. The Morgan fingerprint density at radius 2 is 2.70 bits per heavy atom. The van der Waals surface area contributed by atoms with Crippen molar-refractivity contribution in [2.45, 2.75) is 0 Å². The molecule has 1 aromatic rings. The van der Waals surface area contributed by atoms with E-state index in [0.717, 1.165) is 0 Å². The Hall–Kier alpha value is -1.16. The normalized spacial score (nSPS) is 9.70. The number of carbonyl (C=O) groups is 1. The first kappa shape index (κ1) is 6.95. The maximum absolute atomic E-state index is 10.9. The zero-order valence-corrected chi connectivity index (χ0v) is 5.63. The van der Waals surface area contributed by atoms with Crippen molar-refractivity contribution >= 4 is 5.78 Å². The number of methoxy groups -OCH3 is 1. The number of nitrogens with one attached hydrogen (secondary N) is 1. The van der Waals surface area contributed by atoms with Crippen LogP contribution in [-0.2, 0) is 4.74 Å². The summed E-state index contributed by atoms with van der Waals surface area (Å²) in [5.41, 5.74) is 0.557. The first-order valence-electron chi connectivity index (χ1n) is 2.85. The summed E-state index contributed by atoms with van der Waals surface area (Å²) in [7, 11) is 1.48. The van der Waals surface area contributed by atoms with Crippen LogP contribution in [0.5, 0.6) is 0 Å². The van der Waals surface area contributed by atoms with Crippen molar-refractivity contribution < 1.29 is 9.53 Å². The lowest BCUT2D eigenvalue weighted by Gasteiger charge is -1.91. The minimum atomic E-state index is -0.0590. The van der Waals surface area contributed by atoms with Gasteiger partial charge >= 0.3 is 0 Å². The van der Waals surface area contributed by atoms with Gasteiger partial charge in [-0.2, -0.15) is 5.10 Å². The number of nitrogens with zero attached hydrogens (tertiary/aromatic N) is 1. The van der Waals surface area contributed by atoms with Crippen molar-refractivity contribution in [1.29, 1.82) is 0 Å². The first-order chi connectivity index (χ1) is 4.84. The summed E-state index contributed by atoms with van der Waals surface area (Å²) in [6.07, 6.45) is 3.02. The van der Waals surface area contributed by atoms with Crippen LogP contribution in [0.2, 0.25) is 0 Å². The van der Waals surface area contributed by atoms with Crippen LogP contribution in [0.1, 0.15) is 10.4 Å². The molecule has 1 rings (SSSR count). The third-order valence-corrected chi connectivity index (χ3v) is 1.10. The molecule has 0 amide bonds. The summed E-state index contributed by atoms with van der Waals surface area (Å²) in [5, 5.41) is 6.17. The SMILES string of the molecule is COCC(=O)c1cn[nH]c1. The van der Waals surface area contributed by atoms with Crippen molar-refractivity contribution in [3.05, 3.63) is 18.0 Å². The van der Waals surface area contributed by atoms with Crippen LogP contribution in [0.25, 0.3) is 0 Å². The standard InChI is InChI=1S/C6H8N2O2/c1-10-4-6(9)5-2-7-8-3-5/h2-3H,4H2,1H3,(H,7,8). The van der Waals surface area contributed by atoms with E-state index in [2.05, 4.69) is 14.9 Å². The quantitative estimate of drug-likeness (QED) is 0.612. The molecule has 0 aromatic carbocycles. The summed E-state index contributed by atoms with van der Waals surface area (Å²) >= 11 is 0. The van der Waals surface area contributed by atoms with E-state index in [1.807, 2.05) is 0 Å². The molecule has 0 spiro atoms. The number of ketones is 1. The van der Waals surface area contributed by atoms with Crippen LogP contribution in [0.4, 0.5) is 0 Å². The van der Waals surface area contributed by atoms with Gasteiger partial charge < -0.3 is 4.74 Å². The number of aromatic nitrogens is 2. The fourth-order valence-corrected chi connectivity index (χ4v) is 0.618. The van der Waals surface area contributed by atoms with E-state index in [4.69, 9.17) is 0 Å². The average molecular weight is 140 g/mol. The van der Waals surface area contributed by atoms with Gasteiger partial charge in [0.15, 0.2) is 5.78 Å². The van der Waals surface area contributed by atoms with Gasteiger partial charge in [-0.15, -0.1) is 0 Å². The third kappa shape index (κ3) is 1.41. The molecule has 0 bridgehead atoms. The molecule has 0 unspecified atom stereocenters. The molecule has 0 aliphatic carbocycles. The van der Waals surface area contributed by atoms with Crippen LogP contribution < -0.4 is 0 Å². The van der Waals surface area contributed by atoms with Crippen LogP contribution in [0, 0.1) is 0 Å². The van der Waals surface area contributed by atoms with Crippen molar-refractivity contribution in [3.63, 3.8) is 0 Å². The maximum Gasteiger partial charge on any atom is 0.191 e. The predicted molar refractivity (Wildman–Crippen MR) is 34.8 cm³/mol. The summed E-state index contributed by atoms with van der Waals surface area (Å²) in [4.78, 5) is 10.9. The van der Waals surface area contributed by atoms with Gasteiger partial charge in [0.2, 0.25) is 0 Å². The zero-order chi connectivity index (χ0) is 7.40. The van der Waals surface area contributed by atoms with Gasteiger partial charge in [-0.3, -0.25) is 9.89 Å². The molecule has 4 heteroatoms. The molecule has 1 aromatic heterocycles. The largest absolute Gasteiger partial charge is 0.377 e. The average Bonchev–Trinajstić information content (AvgIpc) is 2.38. The fraction of sp³-hybridized carbons (Fsp3) is 0.333. The molecule has 0 fully saturated rings. The Bertz CT molecular complexity index is 206. The minimum absolute atomic E-state index is 0.0590. The Morgan fingerprint density at radius 3 is 3.20 bits per heavy atom. The molecule has 0 aliphatic rings. The van der Waals surface area contributed by atoms with E-state index < -0.39 is 0 Å². The Morgan fingerprint density at radius 1 is 1.90 bits per heavy atom. The highest BCUT2D eigenvalue weighted by atomic mass is 16.5. The lowest BCUT2D eigenvalue weighted by atomic mass is 10.2. The van der Waals surface area contributed by atoms with Gasteiger partial charge in [0.05, 0.1) is 11.8 Å². The lowest BCUT2D eigenvalue weighted by Crippen LogP contribution is -2.05. The van der Waals surface area contributed by atoms with Gasteiger partial charge in [-0.05, 0) is 0 Å². The number of Topliss-reactive ketones (excluding diaryl/α,β-unsaturated/α-hetero) is 1. The van der Waals surface area contributed by atoms with Gasteiger partial charge in [0.1, 0.15) is 6.61 Å². The molecular weight excluding hydrogens is 132 g/mol. The smallest absolute Gasteiger partial charge is 0.191 e. The van der Waals surface area contributed by atoms with Gasteiger partial charge in [0.25, 0.3) is 0 Å². The molecule has 54 valence electrons. The van der Waals surface area contributed by atoms with Gasteiger partial charge in [0, 0.05) is 13.3 Å². The number of H-pyrrole nitrogens is 1. The molecule has 0 saturated heterocycles. The van der Waals surface area contributed by atoms with Crippen molar-refractivity contribution in [2.75, 3.05) is 13.7 Å².